The third kappa shape index (κ3) is 5.92. The van der Waals surface area contributed by atoms with E-state index in [2.05, 4.69) is 5.32 Å². The summed E-state index contributed by atoms with van der Waals surface area (Å²) in [7, 11) is 0. The molecule has 26 heavy (non-hydrogen) atoms. The van der Waals surface area contributed by atoms with Crippen LogP contribution >= 0.6 is 0 Å². The van der Waals surface area contributed by atoms with Crippen LogP contribution in [0.15, 0.2) is 42.5 Å². The summed E-state index contributed by atoms with van der Waals surface area (Å²) in [5.41, 5.74) is 3.35. The molecule has 0 spiro atoms. The fourth-order valence-electron chi connectivity index (χ4n) is 2.41. The van der Waals surface area contributed by atoms with Crippen LogP contribution in [0.4, 0.5) is 5.69 Å². The summed E-state index contributed by atoms with van der Waals surface area (Å²) in [4.78, 5) is 23.6. The van der Waals surface area contributed by atoms with Gasteiger partial charge in [-0.3, -0.25) is 4.79 Å². The third-order valence-corrected chi connectivity index (χ3v) is 3.83. The average molecular weight is 355 g/mol. The number of benzene rings is 2. The zero-order valence-electron chi connectivity index (χ0n) is 15.5. The van der Waals surface area contributed by atoms with Crippen LogP contribution in [0, 0.1) is 13.8 Å². The monoisotopic (exact) mass is 355 g/mol. The summed E-state index contributed by atoms with van der Waals surface area (Å²) in [6.07, 6.45) is 0.991. The van der Waals surface area contributed by atoms with Crippen molar-refractivity contribution in [3.8, 4) is 5.75 Å². The van der Waals surface area contributed by atoms with E-state index in [0.717, 1.165) is 16.9 Å². The third-order valence-electron chi connectivity index (χ3n) is 3.83. The maximum absolute atomic E-state index is 12.0. The number of ether oxygens (including phenoxy) is 2. The summed E-state index contributed by atoms with van der Waals surface area (Å²) in [5, 5.41) is 2.81. The summed E-state index contributed by atoms with van der Waals surface area (Å²) >= 11 is 0. The van der Waals surface area contributed by atoms with Crippen LogP contribution in [0.25, 0.3) is 0 Å². The van der Waals surface area contributed by atoms with Crippen LogP contribution in [-0.2, 0) is 9.53 Å². The zero-order valence-corrected chi connectivity index (χ0v) is 15.5. The highest BCUT2D eigenvalue weighted by Gasteiger charge is 2.07. The predicted molar refractivity (Wildman–Crippen MR) is 102 cm³/mol. The normalized spacial score (nSPS) is 10.3. The molecular weight excluding hydrogens is 330 g/mol. The molecule has 138 valence electrons. The molecule has 0 saturated carbocycles. The first-order valence-corrected chi connectivity index (χ1v) is 8.76. The Bertz CT molecular complexity index is 753. The van der Waals surface area contributed by atoms with Crippen molar-refractivity contribution < 1.29 is 19.1 Å². The van der Waals surface area contributed by atoms with Gasteiger partial charge in [0.25, 0.3) is 0 Å². The highest BCUT2D eigenvalue weighted by atomic mass is 16.5. The van der Waals surface area contributed by atoms with Crippen LogP contribution in [0.3, 0.4) is 0 Å². The van der Waals surface area contributed by atoms with Gasteiger partial charge >= 0.3 is 5.97 Å². The maximum atomic E-state index is 12.0. The number of carbonyl (C=O) groups is 2. The summed E-state index contributed by atoms with van der Waals surface area (Å²) in [5.74, 6) is 0.410. The maximum Gasteiger partial charge on any atom is 0.338 e. The van der Waals surface area contributed by atoms with Crippen LogP contribution in [-0.4, -0.2) is 25.1 Å². The SMILES string of the molecule is CCOC(=O)c1ccc(NC(=O)CCCOc2cc(C)ccc2C)cc1. The minimum absolute atomic E-state index is 0.0848. The molecule has 2 aromatic rings. The Morgan fingerprint density at radius 3 is 2.46 bits per heavy atom. The van der Waals surface area contributed by atoms with E-state index in [9.17, 15) is 9.59 Å². The number of nitrogens with one attached hydrogen (secondary N) is 1. The molecule has 0 aliphatic carbocycles. The van der Waals surface area contributed by atoms with Gasteiger partial charge in [-0.15, -0.1) is 0 Å². The van der Waals surface area contributed by atoms with Crippen LogP contribution in [0.5, 0.6) is 5.75 Å². The molecule has 0 aliphatic rings. The van der Waals surface area contributed by atoms with E-state index < -0.39 is 0 Å². The Labute approximate surface area is 154 Å². The fourth-order valence-corrected chi connectivity index (χ4v) is 2.41. The van der Waals surface area contributed by atoms with E-state index in [1.54, 1.807) is 31.2 Å². The number of hydrogen-bond acceptors (Lipinski definition) is 4. The summed E-state index contributed by atoms with van der Waals surface area (Å²) in [6, 6.07) is 12.7. The Morgan fingerprint density at radius 1 is 1.04 bits per heavy atom. The van der Waals surface area contributed by atoms with Crippen LogP contribution in [0.1, 0.15) is 41.3 Å². The summed E-state index contributed by atoms with van der Waals surface area (Å²) in [6.45, 7) is 6.60. The van der Waals surface area contributed by atoms with Gasteiger partial charge in [0.05, 0.1) is 18.8 Å². The average Bonchev–Trinajstić information content (AvgIpc) is 2.62. The van der Waals surface area contributed by atoms with Crippen LogP contribution < -0.4 is 10.1 Å². The number of aryl methyl sites for hydroxylation is 2. The second-order valence-electron chi connectivity index (χ2n) is 6.07. The van der Waals surface area contributed by atoms with Crippen molar-refractivity contribution in [2.24, 2.45) is 0 Å². The first kappa shape index (κ1) is 19.5. The van der Waals surface area contributed by atoms with Gasteiger partial charge in [-0.05, 0) is 68.7 Å². The van der Waals surface area contributed by atoms with Crippen molar-refractivity contribution in [2.75, 3.05) is 18.5 Å². The Balaban J connectivity index is 1.75. The number of carbonyl (C=O) groups excluding carboxylic acids is 2. The van der Waals surface area contributed by atoms with Crippen molar-refractivity contribution in [1.29, 1.82) is 0 Å². The molecule has 0 unspecified atom stereocenters. The molecule has 0 heterocycles. The molecule has 0 bridgehead atoms. The van der Waals surface area contributed by atoms with E-state index in [0.29, 0.717) is 37.3 Å². The lowest BCUT2D eigenvalue weighted by atomic mass is 10.1. The van der Waals surface area contributed by atoms with E-state index >= 15 is 0 Å². The van der Waals surface area contributed by atoms with Crippen LogP contribution in [0.2, 0.25) is 0 Å². The van der Waals surface area contributed by atoms with E-state index in [1.165, 1.54) is 0 Å². The Morgan fingerprint density at radius 2 is 1.77 bits per heavy atom. The van der Waals surface area contributed by atoms with Gasteiger partial charge < -0.3 is 14.8 Å². The molecule has 0 fully saturated rings. The smallest absolute Gasteiger partial charge is 0.338 e. The minimum atomic E-state index is -0.367. The second kappa shape index (κ2) is 9.61. The molecule has 1 amide bonds. The topological polar surface area (TPSA) is 64.6 Å². The van der Waals surface area contributed by atoms with Gasteiger partial charge in [-0.1, -0.05) is 12.1 Å². The molecular formula is C21H25NO4. The van der Waals surface area contributed by atoms with Gasteiger partial charge in [-0.25, -0.2) is 4.79 Å². The molecule has 5 heteroatoms. The van der Waals surface area contributed by atoms with Gasteiger partial charge in [0.15, 0.2) is 0 Å². The number of hydrogen-bond donors (Lipinski definition) is 1. The fraction of sp³-hybridized carbons (Fsp3) is 0.333. The number of esters is 1. The molecule has 0 aromatic heterocycles. The highest BCUT2D eigenvalue weighted by molar-refractivity contribution is 5.93. The largest absolute Gasteiger partial charge is 0.493 e. The van der Waals surface area contributed by atoms with Gasteiger partial charge in [0.1, 0.15) is 5.75 Å². The Kier molecular flexibility index (Phi) is 7.21. The van der Waals surface area contributed by atoms with Crippen molar-refractivity contribution in [3.63, 3.8) is 0 Å². The quantitative estimate of drug-likeness (QED) is 0.567. The molecule has 0 atom stereocenters. The second-order valence-corrected chi connectivity index (χ2v) is 6.07. The lowest BCUT2D eigenvalue weighted by Gasteiger charge is -2.10. The molecule has 0 radical (unpaired) electrons. The van der Waals surface area contributed by atoms with Gasteiger partial charge in [0.2, 0.25) is 5.91 Å². The van der Waals surface area contributed by atoms with E-state index in [1.807, 2.05) is 32.0 Å². The van der Waals surface area contributed by atoms with Crippen molar-refractivity contribution in [2.45, 2.75) is 33.6 Å². The summed E-state index contributed by atoms with van der Waals surface area (Å²) < 4.78 is 10.7. The highest BCUT2D eigenvalue weighted by Crippen LogP contribution is 2.19. The zero-order chi connectivity index (χ0) is 18.9. The first-order chi connectivity index (χ1) is 12.5. The van der Waals surface area contributed by atoms with E-state index in [-0.39, 0.29) is 11.9 Å². The lowest BCUT2D eigenvalue weighted by molar-refractivity contribution is -0.116. The first-order valence-electron chi connectivity index (χ1n) is 8.76. The van der Waals surface area contributed by atoms with Gasteiger partial charge in [-0.2, -0.15) is 0 Å². The standard InChI is InChI=1S/C21H25NO4/c1-4-25-21(24)17-9-11-18(12-10-17)22-20(23)6-5-13-26-19-14-15(2)7-8-16(19)3/h7-12,14H,4-6,13H2,1-3H3,(H,22,23). The number of anilines is 1. The minimum Gasteiger partial charge on any atom is -0.493 e. The van der Waals surface area contributed by atoms with Crippen molar-refractivity contribution >= 4 is 17.6 Å². The van der Waals surface area contributed by atoms with E-state index in [4.69, 9.17) is 9.47 Å². The lowest BCUT2D eigenvalue weighted by Crippen LogP contribution is -2.13. The molecule has 5 nitrogen and oxygen atoms in total. The van der Waals surface area contributed by atoms with Crippen molar-refractivity contribution in [3.05, 3.63) is 59.2 Å². The Hall–Kier alpha value is -2.82. The number of rotatable bonds is 8. The molecule has 1 N–H and O–H groups in total. The predicted octanol–water partition coefficient (Wildman–Crippen LogP) is 4.28. The van der Waals surface area contributed by atoms with Gasteiger partial charge in [0, 0.05) is 12.1 Å². The molecule has 2 rings (SSSR count). The molecule has 0 saturated heterocycles. The molecule has 2 aromatic carbocycles. The molecule has 0 aliphatic heterocycles. The van der Waals surface area contributed by atoms with Crippen molar-refractivity contribution in [1.82, 2.24) is 0 Å². The number of amides is 1.